The SMILES string of the molecule is NNC(=O)CCCCC(=O)CCCSSCCCC(=O)CCCCC(=O)NN. The van der Waals surface area contributed by atoms with E-state index in [0.29, 0.717) is 51.4 Å². The molecule has 0 aromatic carbocycles. The van der Waals surface area contributed by atoms with Crippen LogP contribution in [0.3, 0.4) is 0 Å². The van der Waals surface area contributed by atoms with E-state index in [4.69, 9.17) is 11.7 Å². The Labute approximate surface area is 175 Å². The van der Waals surface area contributed by atoms with Crippen LogP contribution in [0.2, 0.25) is 0 Å². The Bertz CT molecular complexity index is 437. The minimum atomic E-state index is -0.195. The quantitative estimate of drug-likeness (QED) is 0.0796. The molecule has 0 aliphatic rings. The standard InChI is InChI=1S/C18H34N4O4S2/c19-21-17(25)11-3-1-7-15(23)9-5-13-27-28-14-6-10-16(24)8-2-4-12-18(26)22-20/h1-14,19-20H2,(H,21,25)(H,22,26). The molecule has 0 aliphatic carbocycles. The number of carbonyl (C=O) groups is 4. The minimum Gasteiger partial charge on any atom is -0.300 e. The van der Waals surface area contributed by atoms with Crippen molar-refractivity contribution in [2.24, 2.45) is 11.7 Å². The molecule has 0 aromatic heterocycles. The second-order valence-corrected chi connectivity index (χ2v) is 9.18. The van der Waals surface area contributed by atoms with Crippen LogP contribution in [0.5, 0.6) is 0 Å². The van der Waals surface area contributed by atoms with Gasteiger partial charge in [-0.05, 0) is 38.5 Å². The van der Waals surface area contributed by atoms with E-state index in [0.717, 1.165) is 37.2 Å². The fraction of sp³-hybridized carbons (Fsp3) is 0.778. The number of ketones is 2. The molecule has 0 unspecified atom stereocenters. The lowest BCUT2D eigenvalue weighted by Gasteiger charge is -2.03. The highest BCUT2D eigenvalue weighted by atomic mass is 33.1. The molecule has 0 fully saturated rings. The van der Waals surface area contributed by atoms with E-state index in [2.05, 4.69) is 10.9 Å². The van der Waals surface area contributed by atoms with Gasteiger partial charge in [0, 0.05) is 50.0 Å². The highest BCUT2D eigenvalue weighted by Crippen LogP contribution is 2.24. The summed E-state index contributed by atoms with van der Waals surface area (Å²) < 4.78 is 0. The van der Waals surface area contributed by atoms with E-state index >= 15 is 0 Å². The Balaban J connectivity index is 3.36. The zero-order valence-corrected chi connectivity index (χ0v) is 18.1. The van der Waals surface area contributed by atoms with Crippen LogP contribution in [0, 0.1) is 0 Å². The van der Waals surface area contributed by atoms with Crippen molar-refractivity contribution >= 4 is 45.0 Å². The summed E-state index contributed by atoms with van der Waals surface area (Å²) in [6.45, 7) is 0. The number of hydrogen-bond donors (Lipinski definition) is 4. The first-order valence-corrected chi connectivity index (χ1v) is 12.2. The van der Waals surface area contributed by atoms with E-state index in [1.54, 1.807) is 21.6 Å². The van der Waals surface area contributed by atoms with Crippen molar-refractivity contribution in [1.29, 1.82) is 0 Å². The Hall–Kier alpha value is -1.10. The normalized spacial score (nSPS) is 10.5. The number of Topliss-reactive ketones (excluding diaryl/α,β-unsaturated/α-hetero) is 2. The maximum absolute atomic E-state index is 11.7. The lowest BCUT2D eigenvalue weighted by molar-refractivity contribution is -0.122. The molecule has 0 bridgehead atoms. The summed E-state index contributed by atoms with van der Waals surface area (Å²) in [6.07, 6.45) is 7.46. The zero-order valence-electron chi connectivity index (χ0n) is 16.5. The van der Waals surface area contributed by atoms with Crippen LogP contribution < -0.4 is 22.5 Å². The Morgan fingerprint density at radius 2 is 0.857 bits per heavy atom. The first-order chi connectivity index (χ1) is 13.5. The second-order valence-electron chi connectivity index (χ2n) is 6.48. The summed E-state index contributed by atoms with van der Waals surface area (Å²) >= 11 is 0. The van der Waals surface area contributed by atoms with Crippen molar-refractivity contribution in [3.8, 4) is 0 Å². The third-order valence-electron chi connectivity index (χ3n) is 3.99. The van der Waals surface area contributed by atoms with Gasteiger partial charge in [0.2, 0.25) is 11.8 Å². The van der Waals surface area contributed by atoms with Gasteiger partial charge in [-0.25, -0.2) is 11.7 Å². The van der Waals surface area contributed by atoms with E-state index in [1.807, 2.05) is 0 Å². The van der Waals surface area contributed by atoms with Crippen molar-refractivity contribution in [1.82, 2.24) is 10.9 Å². The van der Waals surface area contributed by atoms with Crippen molar-refractivity contribution in [3.05, 3.63) is 0 Å². The number of hydrogen-bond acceptors (Lipinski definition) is 8. The van der Waals surface area contributed by atoms with Gasteiger partial charge in [-0.3, -0.25) is 30.0 Å². The molecule has 162 valence electrons. The summed E-state index contributed by atoms with van der Waals surface area (Å²) in [7, 11) is 3.48. The van der Waals surface area contributed by atoms with Gasteiger partial charge in [-0.2, -0.15) is 0 Å². The summed E-state index contributed by atoms with van der Waals surface area (Å²) in [6, 6.07) is 0. The highest BCUT2D eigenvalue weighted by Gasteiger charge is 2.05. The number of unbranched alkanes of at least 4 members (excludes halogenated alkanes) is 2. The van der Waals surface area contributed by atoms with Crippen molar-refractivity contribution in [2.45, 2.75) is 77.0 Å². The van der Waals surface area contributed by atoms with E-state index in [9.17, 15) is 19.2 Å². The molecule has 6 N–H and O–H groups in total. The Morgan fingerprint density at radius 1 is 0.536 bits per heavy atom. The molecule has 0 saturated carbocycles. The second kappa shape index (κ2) is 19.2. The van der Waals surface area contributed by atoms with Crippen LogP contribution in [0.1, 0.15) is 77.0 Å². The third-order valence-corrected chi connectivity index (χ3v) is 6.57. The first kappa shape index (κ1) is 26.9. The number of carbonyl (C=O) groups excluding carboxylic acids is 4. The van der Waals surface area contributed by atoms with Crippen LogP contribution in [0.4, 0.5) is 0 Å². The molecule has 0 atom stereocenters. The molecule has 0 heterocycles. The van der Waals surface area contributed by atoms with Gasteiger partial charge in [0.15, 0.2) is 0 Å². The predicted octanol–water partition coefficient (Wildman–Crippen LogP) is 2.17. The number of rotatable bonds is 19. The molecule has 0 saturated heterocycles. The molecule has 0 spiro atoms. The molecule has 0 rings (SSSR count). The molecule has 2 amide bonds. The Morgan fingerprint density at radius 3 is 1.21 bits per heavy atom. The number of amides is 2. The monoisotopic (exact) mass is 434 g/mol. The van der Waals surface area contributed by atoms with Gasteiger partial charge in [-0.15, -0.1) is 0 Å². The topological polar surface area (TPSA) is 144 Å². The van der Waals surface area contributed by atoms with Crippen molar-refractivity contribution < 1.29 is 19.2 Å². The largest absolute Gasteiger partial charge is 0.300 e. The number of nitrogens with one attached hydrogen (secondary N) is 2. The lowest BCUT2D eigenvalue weighted by atomic mass is 10.1. The summed E-state index contributed by atoms with van der Waals surface area (Å²) in [4.78, 5) is 45.3. The molecule has 0 aliphatic heterocycles. The van der Waals surface area contributed by atoms with Gasteiger partial charge in [0.1, 0.15) is 11.6 Å². The van der Waals surface area contributed by atoms with Crippen molar-refractivity contribution in [3.63, 3.8) is 0 Å². The van der Waals surface area contributed by atoms with Gasteiger partial charge >= 0.3 is 0 Å². The summed E-state index contributed by atoms with van der Waals surface area (Å²) in [5.41, 5.74) is 4.15. The summed E-state index contributed by atoms with van der Waals surface area (Å²) in [5.74, 6) is 11.9. The maximum atomic E-state index is 11.7. The van der Waals surface area contributed by atoms with Crippen molar-refractivity contribution in [2.75, 3.05) is 11.5 Å². The highest BCUT2D eigenvalue weighted by molar-refractivity contribution is 8.76. The predicted molar refractivity (Wildman–Crippen MR) is 115 cm³/mol. The van der Waals surface area contributed by atoms with Gasteiger partial charge in [0.25, 0.3) is 0 Å². The number of nitrogens with two attached hydrogens (primary N) is 2. The molecular formula is C18H34N4O4S2. The van der Waals surface area contributed by atoms with E-state index < -0.39 is 0 Å². The third kappa shape index (κ3) is 18.3. The van der Waals surface area contributed by atoms with Crippen LogP contribution in [0.25, 0.3) is 0 Å². The minimum absolute atomic E-state index is 0.195. The number of hydrazine groups is 2. The summed E-state index contributed by atoms with van der Waals surface area (Å²) in [5, 5.41) is 0. The first-order valence-electron chi connectivity index (χ1n) is 9.76. The average molecular weight is 435 g/mol. The zero-order chi connectivity index (χ0) is 21.0. The van der Waals surface area contributed by atoms with Gasteiger partial charge in [-0.1, -0.05) is 21.6 Å². The van der Waals surface area contributed by atoms with Gasteiger partial charge in [0.05, 0.1) is 0 Å². The molecule has 0 radical (unpaired) electrons. The lowest BCUT2D eigenvalue weighted by Crippen LogP contribution is -2.29. The molecule has 28 heavy (non-hydrogen) atoms. The molecule has 10 heteroatoms. The smallest absolute Gasteiger partial charge is 0.233 e. The van der Waals surface area contributed by atoms with Crippen LogP contribution >= 0.6 is 21.6 Å². The molecular weight excluding hydrogens is 400 g/mol. The average Bonchev–Trinajstić information content (AvgIpc) is 2.69. The van der Waals surface area contributed by atoms with Crippen LogP contribution in [-0.4, -0.2) is 34.9 Å². The molecule has 8 nitrogen and oxygen atoms in total. The van der Waals surface area contributed by atoms with E-state index in [-0.39, 0.29) is 23.4 Å². The van der Waals surface area contributed by atoms with E-state index in [1.165, 1.54) is 0 Å². The maximum Gasteiger partial charge on any atom is 0.233 e. The van der Waals surface area contributed by atoms with Gasteiger partial charge < -0.3 is 0 Å². The fourth-order valence-electron chi connectivity index (χ4n) is 2.38. The van der Waals surface area contributed by atoms with Crippen LogP contribution in [-0.2, 0) is 19.2 Å². The molecule has 0 aromatic rings. The van der Waals surface area contributed by atoms with Crippen LogP contribution in [0.15, 0.2) is 0 Å². The Kier molecular flexibility index (Phi) is 18.5. The fourth-order valence-corrected chi connectivity index (χ4v) is 4.56.